The highest BCUT2D eigenvalue weighted by Crippen LogP contribution is 2.30. The van der Waals surface area contributed by atoms with E-state index >= 15 is 0 Å². The predicted molar refractivity (Wildman–Crippen MR) is 54.8 cm³/mol. The average molecular weight is 279 g/mol. The lowest BCUT2D eigenvalue weighted by Gasteiger charge is -2.06. The Balaban J connectivity index is 2.78. The zero-order chi connectivity index (χ0) is 10.6. The topological polar surface area (TPSA) is 33.0 Å². The normalized spacial score (nSPS) is 9.57. The highest BCUT2D eigenvalue weighted by molar-refractivity contribution is 9.10. The number of rotatable bonds is 3. The number of nitrogens with zero attached hydrogens (tertiary/aromatic N) is 1. The lowest BCUT2D eigenvalue weighted by atomic mass is 10.3. The Morgan fingerprint density at radius 2 is 2.29 bits per heavy atom. The van der Waals surface area contributed by atoms with Crippen LogP contribution in [0.25, 0.3) is 0 Å². The summed E-state index contributed by atoms with van der Waals surface area (Å²) in [5, 5.41) is 8.31. The van der Waals surface area contributed by atoms with E-state index in [0.717, 1.165) is 0 Å². The fourth-order valence-electron chi connectivity index (χ4n) is 0.822. The molecule has 0 aliphatic rings. The Labute approximate surface area is 94.4 Å². The molecule has 0 saturated heterocycles. The van der Waals surface area contributed by atoms with Crippen molar-refractivity contribution < 1.29 is 9.13 Å². The van der Waals surface area contributed by atoms with Crippen LogP contribution in [0.4, 0.5) is 4.39 Å². The Morgan fingerprint density at radius 1 is 1.57 bits per heavy atom. The molecule has 0 fully saturated rings. The zero-order valence-electron chi connectivity index (χ0n) is 7.06. The monoisotopic (exact) mass is 277 g/mol. The standard InChI is InChI=1S/C9H6BrClFNO/c10-6-4-7(11)8(12)5-9(6)14-3-1-2-13/h4-5H,1,3H2. The fourth-order valence-corrected chi connectivity index (χ4v) is 1.57. The molecule has 2 nitrogen and oxygen atoms in total. The van der Waals surface area contributed by atoms with E-state index in [1.807, 2.05) is 6.07 Å². The van der Waals surface area contributed by atoms with E-state index in [9.17, 15) is 4.39 Å². The molecular weight excluding hydrogens is 272 g/mol. The number of benzene rings is 1. The second-order valence-corrected chi connectivity index (χ2v) is 3.71. The summed E-state index contributed by atoms with van der Waals surface area (Å²) in [7, 11) is 0. The molecule has 14 heavy (non-hydrogen) atoms. The third kappa shape index (κ3) is 2.86. The molecule has 0 atom stereocenters. The highest BCUT2D eigenvalue weighted by Gasteiger charge is 2.07. The summed E-state index contributed by atoms with van der Waals surface area (Å²) in [6.45, 7) is 0.232. The van der Waals surface area contributed by atoms with E-state index in [1.165, 1.54) is 12.1 Å². The summed E-state index contributed by atoms with van der Waals surface area (Å²) in [4.78, 5) is 0. The van der Waals surface area contributed by atoms with Gasteiger partial charge in [0, 0.05) is 6.07 Å². The minimum absolute atomic E-state index is 0.0320. The zero-order valence-corrected chi connectivity index (χ0v) is 9.40. The van der Waals surface area contributed by atoms with Crippen LogP contribution in [-0.4, -0.2) is 6.61 Å². The molecule has 0 radical (unpaired) electrons. The second-order valence-electron chi connectivity index (χ2n) is 2.45. The van der Waals surface area contributed by atoms with Crippen LogP contribution in [-0.2, 0) is 0 Å². The third-order valence-electron chi connectivity index (χ3n) is 1.45. The van der Waals surface area contributed by atoms with E-state index in [4.69, 9.17) is 21.6 Å². The first-order chi connectivity index (χ1) is 6.65. The van der Waals surface area contributed by atoms with Crippen molar-refractivity contribution in [2.24, 2.45) is 0 Å². The summed E-state index contributed by atoms with van der Waals surface area (Å²) in [5.41, 5.74) is 0. The van der Waals surface area contributed by atoms with Crippen LogP contribution < -0.4 is 4.74 Å². The molecule has 0 amide bonds. The lowest BCUT2D eigenvalue weighted by Crippen LogP contribution is -1.97. The van der Waals surface area contributed by atoms with Gasteiger partial charge >= 0.3 is 0 Å². The van der Waals surface area contributed by atoms with Gasteiger partial charge < -0.3 is 4.74 Å². The first-order valence-electron chi connectivity index (χ1n) is 3.79. The SMILES string of the molecule is N#CCCOc1cc(F)c(Cl)cc1Br. The molecule has 1 aromatic rings. The largest absolute Gasteiger partial charge is 0.491 e. The summed E-state index contributed by atoms with van der Waals surface area (Å²) < 4.78 is 18.7. The second kappa shape index (κ2) is 5.18. The molecular formula is C9H6BrClFNO. The van der Waals surface area contributed by atoms with E-state index in [0.29, 0.717) is 10.2 Å². The van der Waals surface area contributed by atoms with Gasteiger partial charge in [0.1, 0.15) is 18.2 Å². The lowest BCUT2D eigenvalue weighted by molar-refractivity contribution is 0.323. The van der Waals surface area contributed by atoms with Crippen molar-refractivity contribution in [2.45, 2.75) is 6.42 Å². The fraction of sp³-hybridized carbons (Fsp3) is 0.222. The van der Waals surface area contributed by atoms with Crippen LogP contribution in [0.5, 0.6) is 5.75 Å². The van der Waals surface area contributed by atoms with Gasteiger partial charge in [-0.15, -0.1) is 0 Å². The molecule has 0 saturated carbocycles. The molecule has 1 aromatic carbocycles. The minimum Gasteiger partial charge on any atom is -0.491 e. The van der Waals surface area contributed by atoms with Gasteiger partial charge in [0.2, 0.25) is 0 Å². The Bertz CT molecular complexity index is 378. The summed E-state index contributed by atoms with van der Waals surface area (Å²) >= 11 is 8.71. The quantitative estimate of drug-likeness (QED) is 0.626. The van der Waals surface area contributed by atoms with E-state index in [-0.39, 0.29) is 18.1 Å². The van der Waals surface area contributed by atoms with Crippen LogP contribution >= 0.6 is 27.5 Å². The maximum absolute atomic E-state index is 13.0. The van der Waals surface area contributed by atoms with Gasteiger partial charge in [0.05, 0.1) is 22.0 Å². The van der Waals surface area contributed by atoms with Crippen molar-refractivity contribution in [1.29, 1.82) is 5.26 Å². The molecule has 0 heterocycles. The molecule has 0 aliphatic heterocycles. The van der Waals surface area contributed by atoms with Crippen molar-refractivity contribution >= 4 is 27.5 Å². The van der Waals surface area contributed by atoms with E-state index in [2.05, 4.69) is 15.9 Å². The van der Waals surface area contributed by atoms with Crippen LogP contribution in [0.15, 0.2) is 16.6 Å². The van der Waals surface area contributed by atoms with Crippen LogP contribution in [0.2, 0.25) is 5.02 Å². The van der Waals surface area contributed by atoms with Gasteiger partial charge in [-0.25, -0.2) is 4.39 Å². The molecule has 74 valence electrons. The molecule has 5 heteroatoms. The van der Waals surface area contributed by atoms with Gasteiger partial charge in [-0.2, -0.15) is 5.26 Å². The van der Waals surface area contributed by atoms with Crippen molar-refractivity contribution in [3.63, 3.8) is 0 Å². The molecule has 0 aliphatic carbocycles. The molecule has 0 spiro atoms. The first-order valence-corrected chi connectivity index (χ1v) is 4.96. The van der Waals surface area contributed by atoms with Crippen LogP contribution in [0, 0.1) is 17.1 Å². The number of halogens is 3. The van der Waals surface area contributed by atoms with Gasteiger partial charge in [-0.3, -0.25) is 0 Å². The Hall–Kier alpha value is -0.790. The van der Waals surface area contributed by atoms with Gasteiger partial charge in [-0.05, 0) is 22.0 Å². The number of nitriles is 1. The summed E-state index contributed by atoms with van der Waals surface area (Å²) in [6, 6.07) is 4.52. The molecule has 0 bridgehead atoms. The number of hydrogen-bond acceptors (Lipinski definition) is 2. The molecule has 0 unspecified atom stereocenters. The minimum atomic E-state index is -0.540. The number of hydrogen-bond donors (Lipinski definition) is 0. The predicted octanol–water partition coefficient (Wildman–Crippen LogP) is 3.53. The van der Waals surface area contributed by atoms with Gasteiger partial charge in [-0.1, -0.05) is 11.6 Å². The summed E-state index contributed by atoms with van der Waals surface area (Å²) in [5.74, 6) is -0.191. The maximum atomic E-state index is 13.0. The van der Waals surface area contributed by atoms with Crippen molar-refractivity contribution in [1.82, 2.24) is 0 Å². The molecule has 1 rings (SSSR count). The first kappa shape index (κ1) is 11.3. The van der Waals surface area contributed by atoms with Crippen LogP contribution in [0.3, 0.4) is 0 Å². The van der Waals surface area contributed by atoms with Crippen molar-refractivity contribution in [3.8, 4) is 11.8 Å². The van der Waals surface area contributed by atoms with E-state index in [1.54, 1.807) is 0 Å². The Kier molecular flexibility index (Phi) is 4.18. The highest BCUT2D eigenvalue weighted by atomic mass is 79.9. The molecule has 0 N–H and O–H groups in total. The third-order valence-corrected chi connectivity index (χ3v) is 2.36. The van der Waals surface area contributed by atoms with Crippen molar-refractivity contribution in [2.75, 3.05) is 6.61 Å². The average Bonchev–Trinajstić information content (AvgIpc) is 2.14. The molecule has 0 aromatic heterocycles. The number of ether oxygens (including phenoxy) is 1. The Morgan fingerprint density at radius 3 is 2.93 bits per heavy atom. The van der Waals surface area contributed by atoms with Crippen molar-refractivity contribution in [3.05, 3.63) is 27.4 Å². The van der Waals surface area contributed by atoms with Gasteiger partial charge in [0.15, 0.2) is 0 Å². The maximum Gasteiger partial charge on any atom is 0.145 e. The smallest absolute Gasteiger partial charge is 0.145 e. The van der Waals surface area contributed by atoms with E-state index < -0.39 is 5.82 Å². The van der Waals surface area contributed by atoms with Gasteiger partial charge in [0.25, 0.3) is 0 Å². The summed E-state index contributed by atoms with van der Waals surface area (Å²) in [6.07, 6.45) is 0.261. The van der Waals surface area contributed by atoms with Crippen LogP contribution in [0.1, 0.15) is 6.42 Å².